The molecule has 1 aliphatic rings. The summed E-state index contributed by atoms with van der Waals surface area (Å²) in [5.74, 6) is 1.78. The van der Waals surface area contributed by atoms with Crippen molar-refractivity contribution in [1.29, 1.82) is 0 Å². The third kappa shape index (κ3) is 3.76. The van der Waals surface area contributed by atoms with Crippen molar-refractivity contribution in [2.24, 2.45) is 0 Å². The number of nitrogens with one attached hydrogen (secondary N) is 1. The number of fused-ring (bicyclic) bond motifs is 1. The predicted octanol–water partition coefficient (Wildman–Crippen LogP) is 3.74. The second-order valence-electron chi connectivity index (χ2n) is 5.17. The summed E-state index contributed by atoms with van der Waals surface area (Å²) in [5, 5.41) is 9.41. The summed E-state index contributed by atoms with van der Waals surface area (Å²) in [6.07, 6.45) is 7.17. The van der Waals surface area contributed by atoms with Gasteiger partial charge in [-0.15, -0.1) is 0 Å². The lowest BCUT2D eigenvalue weighted by Gasteiger charge is -2.18. The van der Waals surface area contributed by atoms with Gasteiger partial charge in [0, 0.05) is 24.0 Å². The van der Waals surface area contributed by atoms with Crippen molar-refractivity contribution < 1.29 is 14.6 Å². The molecule has 0 saturated heterocycles. The van der Waals surface area contributed by atoms with Gasteiger partial charge in [0.2, 0.25) is 0 Å². The molecule has 0 aliphatic carbocycles. The van der Waals surface area contributed by atoms with Crippen LogP contribution >= 0.6 is 0 Å². The van der Waals surface area contributed by atoms with E-state index in [1.807, 2.05) is 30.3 Å². The number of nitrogens with zero attached hydrogens (tertiary/aromatic N) is 1. The Bertz CT molecular complexity index is 792. The lowest BCUT2D eigenvalue weighted by atomic mass is 10.0. The number of benzene rings is 2. The fourth-order valence-electron chi connectivity index (χ4n) is 2.34. The SMILES string of the molecule is COc1ccc(C2=Cc3ccc(O)cc3OC2)cc1.c1c[nH]cn1. The molecule has 0 spiro atoms. The maximum atomic E-state index is 9.41. The molecule has 5 heteroatoms. The Morgan fingerprint density at radius 3 is 2.62 bits per heavy atom. The number of hydrogen-bond donors (Lipinski definition) is 2. The summed E-state index contributed by atoms with van der Waals surface area (Å²) in [5.41, 5.74) is 3.20. The van der Waals surface area contributed by atoms with E-state index in [9.17, 15) is 5.11 Å². The largest absolute Gasteiger partial charge is 0.508 e. The molecule has 0 atom stereocenters. The van der Waals surface area contributed by atoms with Gasteiger partial charge in [0.1, 0.15) is 23.9 Å². The van der Waals surface area contributed by atoms with Crippen molar-refractivity contribution >= 4 is 11.6 Å². The third-order valence-electron chi connectivity index (χ3n) is 3.58. The van der Waals surface area contributed by atoms with E-state index in [1.165, 1.54) is 0 Å². The van der Waals surface area contributed by atoms with Crippen LogP contribution < -0.4 is 9.47 Å². The third-order valence-corrected chi connectivity index (χ3v) is 3.58. The lowest BCUT2D eigenvalue weighted by molar-refractivity contribution is 0.362. The Hall–Kier alpha value is -3.21. The molecule has 0 saturated carbocycles. The second-order valence-corrected chi connectivity index (χ2v) is 5.17. The molecule has 0 radical (unpaired) electrons. The number of H-pyrrole nitrogens is 1. The van der Waals surface area contributed by atoms with Crippen molar-refractivity contribution in [3.63, 3.8) is 0 Å². The summed E-state index contributed by atoms with van der Waals surface area (Å²) >= 11 is 0. The van der Waals surface area contributed by atoms with E-state index in [2.05, 4.69) is 16.0 Å². The van der Waals surface area contributed by atoms with Crippen molar-refractivity contribution in [1.82, 2.24) is 9.97 Å². The van der Waals surface area contributed by atoms with Crippen LogP contribution in [0.5, 0.6) is 17.2 Å². The summed E-state index contributed by atoms with van der Waals surface area (Å²) in [7, 11) is 1.65. The van der Waals surface area contributed by atoms with Gasteiger partial charge in [-0.2, -0.15) is 0 Å². The smallest absolute Gasteiger partial charge is 0.130 e. The highest BCUT2D eigenvalue weighted by molar-refractivity contribution is 5.85. The number of phenolic OH excluding ortho intramolecular Hbond substituents is 1. The molecule has 3 aromatic rings. The molecule has 0 bridgehead atoms. The molecule has 0 unspecified atom stereocenters. The molecule has 0 fully saturated rings. The van der Waals surface area contributed by atoms with Crippen LogP contribution in [0, 0.1) is 0 Å². The number of methoxy groups -OCH3 is 1. The number of aromatic hydroxyl groups is 1. The molecule has 2 heterocycles. The van der Waals surface area contributed by atoms with Crippen LogP contribution in [0.3, 0.4) is 0 Å². The minimum Gasteiger partial charge on any atom is -0.508 e. The highest BCUT2D eigenvalue weighted by Crippen LogP contribution is 2.33. The maximum Gasteiger partial charge on any atom is 0.130 e. The van der Waals surface area contributed by atoms with Crippen molar-refractivity contribution in [2.45, 2.75) is 0 Å². The van der Waals surface area contributed by atoms with Crippen LogP contribution in [-0.4, -0.2) is 28.8 Å². The fraction of sp³-hybridized carbons (Fsp3) is 0.105. The van der Waals surface area contributed by atoms with E-state index in [0.29, 0.717) is 6.61 Å². The Kier molecular flexibility index (Phi) is 4.81. The highest BCUT2D eigenvalue weighted by atomic mass is 16.5. The van der Waals surface area contributed by atoms with Gasteiger partial charge in [-0.3, -0.25) is 0 Å². The van der Waals surface area contributed by atoms with Crippen molar-refractivity contribution in [2.75, 3.05) is 13.7 Å². The first-order chi connectivity index (χ1) is 11.8. The quantitative estimate of drug-likeness (QED) is 0.754. The molecular formula is C19H18N2O3. The molecular weight excluding hydrogens is 304 g/mol. The highest BCUT2D eigenvalue weighted by Gasteiger charge is 2.13. The Balaban J connectivity index is 0.000000290. The van der Waals surface area contributed by atoms with Crippen LogP contribution in [0.2, 0.25) is 0 Å². The first-order valence-electron chi connectivity index (χ1n) is 7.50. The number of hydrogen-bond acceptors (Lipinski definition) is 4. The number of rotatable bonds is 2. The minimum atomic E-state index is 0.222. The number of phenols is 1. The van der Waals surface area contributed by atoms with Gasteiger partial charge in [-0.25, -0.2) is 4.98 Å². The molecule has 2 aromatic carbocycles. The Morgan fingerprint density at radius 1 is 1.17 bits per heavy atom. The average molecular weight is 322 g/mol. The van der Waals surface area contributed by atoms with Gasteiger partial charge < -0.3 is 19.6 Å². The van der Waals surface area contributed by atoms with E-state index in [1.54, 1.807) is 38.0 Å². The molecule has 122 valence electrons. The zero-order chi connectivity index (χ0) is 16.8. The van der Waals surface area contributed by atoms with Gasteiger partial charge in [0.15, 0.2) is 0 Å². The molecule has 2 N–H and O–H groups in total. The standard InChI is InChI=1S/C16H14O3.C3H4N2/c1-18-15-6-3-11(4-7-15)13-8-12-2-5-14(17)9-16(12)19-10-13;1-2-5-3-4-1/h2-9,17H,10H2,1H3;1-3H,(H,4,5). The van der Waals surface area contributed by atoms with E-state index < -0.39 is 0 Å². The monoisotopic (exact) mass is 322 g/mol. The van der Waals surface area contributed by atoms with E-state index in [-0.39, 0.29) is 5.75 Å². The van der Waals surface area contributed by atoms with Gasteiger partial charge in [-0.1, -0.05) is 12.1 Å². The zero-order valence-corrected chi connectivity index (χ0v) is 13.3. The van der Waals surface area contributed by atoms with Crippen LogP contribution in [0.15, 0.2) is 61.2 Å². The molecule has 1 aromatic heterocycles. The van der Waals surface area contributed by atoms with Gasteiger partial charge >= 0.3 is 0 Å². The van der Waals surface area contributed by atoms with Crippen LogP contribution in [0.1, 0.15) is 11.1 Å². The van der Waals surface area contributed by atoms with Crippen molar-refractivity contribution in [3.8, 4) is 17.2 Å². The topological polar surface area (TPSA) is 67.4 Å². The first-order valence-corrected chi connectivity index (χ1v) is 7.50. The average Bonchev–Trinajstić information content (AvgIpc) is 3.21. The van der Waals surface area contributed by atoms with Crippen LogP contribution in [-0.2, 0) is 0 Å². The molecule has 24 heavy (non-hydrogen) atoms. The number of aromatic nitrogens is 2. The molecule has 1 aliphatic heterocycles. The van der Waals surface area contributed by atoms with E-state index >= 15 is 0 Å². The summed E-state index contributed by atoms with van der Waals surface area (Å²) in [4.78, 5) is 6.42. The van der Waals surface area contributed by atoms with Crippen LogP contribution in [0.25, 0.3) is 11.6 Å². The second kappa shape index (κ2) is 7.37. The van der Waals surface area contributed by atoms with E-state index in [4.69, 9.17) is 9.47 Å². The lowest BCUT2D eigenvalue weighted by Crippen LogP contribution is -2.06. The first kappa shape index (κ1) is 15.7. The number of ether oxygens (including phenoxy) is 2. The van der Waals surface area contributed by atoms with Gasteiger partial charge in [0.25, 0.3) is 0 Å². The Labute approximate surface area is 140 Å². The fourth-order valence-corrected chi connectivity index (χ4v) is 2.34. The Morgan fingerprint density at radius 2 is 2.00 bits per heavy atom. The molecule has 5 nitrogen and oxygen atoms in total. The van der Waals surface area contributed by atoms with Gasteiger partial charge in [-0.05, 0) is 41.5 Å². The summed E-state index contributed by atoms with van der Waals surface area (Å²) in [6, 6.07) is 13.0. The van der Waals surface area contributed by atoms with E-state index in [0.717, 1.165) is 28.2 Å². The maximum absolute atomic E-state index is 9.41. The minimum absolute atomic E-state index is 0.222. The summed E-state index contributed by atoms with van der Waals surface area (Å²) in [6.45, 7) is 0.503. The van der Waals surface area contributed by atoms with Crippen molar-refractivity contribution in [3.05, 3.63) is 72.3 Å². The summed E-state index contributed by atoms with van der Waals surface area (Å²) < 4.78 is 10.8. The number of aromatic amines is 1. The normalized spacial score (nSPS) is 12.1. The number of imidazole rings is 1. The van der Waals surface area contributed by atoms with Crippen LogP contribution in [0.4, 0.5) is 0 Å². The molecule has 4 rings (SSSR count). The predicted molar refractivity (Wildman–Crippen MR) is 93.1 cm³/mol. The van der Waals surface area contributed by atoms with Gasteiger partial charge in [0.05, 0.1) is 13.4 Å². The molecule has 0 amide bonds. The zero-order valence-electron chi connectivity index (χ0n) is 13.3.